The predicted molar refractivity (Wildman–Crippen MR) is 164 cm³/mol. The topological polar surface area (TPSA) is 27.7 Å². The van der Waals surface area contributed by atoms with Crippen molar-refractivity contribution in [3.63, 3.8) is 0 Å². The van der Waals surface area contributed by atoms with E-state index in [1.807, 2.05) is 19.1 Å². The highest BCUT2D eigenvalue weighted by Gasteiger charge is 2.41. The van der Waals surface area contributed by atoms with Crippen LogP contribution in [0, 0.1) is 29.2 Å². The maximum absolute atomic E-state index is 15.0. The lowest BCUT2D eigenvalue weighted by Gasteiger charge is -2.27. The monoisotopic (exact) mass is 728 g/mol. The second kappa shape index (κ2) is 15.1. The molecular formula is C37H27F11O3. The Morgan fingerprint density at radius 3 is 1.67 bits per heavy atom. The van der Waals surface area contributed by atoms with E-state index in [0.717, 1.165) is 43.4 Å². The maximum atomic E-state index is 15.0. The first-order valence-corrected chi connectivity index (χ1v) is 15.4. The van der Waals surface area contributed by atoms with Gasteiger partial charge in [0.25, 0.3) is 0 Å². The summed E-state index contributed by atoms with van der Waals surface area (Å²) in [7, 11) is 0. The van der Waals surface area contributed by atoms with Gasteiger partial charge in [0.05, 0.1) is 5.56 Å². The Bertz CT molecular complexity index is 1910. The van der Waals surface area contributed by atoms with Crippen molar-refractivity contribution in [1.29, 1.82) is 0 Å². The molecular weight excluding hydrogens is 701 g/mol. The number of hydrogen-bond acceptors (Lipinski definition) is 3. The summed E-state index contributed by atoms with van der Waals surface area (Å²) >= 11 is 0. The van der Waals surface area contributed by atoms with Crippen molar-refractivity contribution in [3.05, 3.63) is 137 Å². The van der Waals surface area contributed by atoms with Crippen LogP contribution in [-0.4, -0.2) is 0 Å². The number of halogens is 11. The molecule has 0 radical (unpaired) electrons. The highest BCUT2D eigenvalue weighted by atomic mass is 19.3. The number of allylic oxidation sites excluding steroid dienone is 2. The molecule has 0 N–H and O–H groups in total. The first kappa shape index (κ1) is 37.3. The molecule has 1 aliphatic carbocycles. The first-order valence-electron chi connectivity index (χ1n) is 15.4. The lowest BCUT2D eigenvalue weighted by molar-refractivity contribution is -0.189. The minimum Gasteiger partial charge on any atom is -0.429 e. The molecule has 0 bridgehead atoms. The van der Waals surface area contributed by atoms with Crippen molar-refractivity contribution in [2.24, 2.45) is 5.92 Å². The van der Waals surface area contributed by atoms with E-state index in [0.29, 0.717) is 29.0 Å². The molecule has 0 aromatic heterocycles. The molecule has 0 unspecified atom stereocenters. The van der Waals surface area contributed by atoms with Crippen molar-refractivity contribution in [3.8, 4) is 28.4 Å². The van der Waals surface area contributed by atoms with Crippen LogP contribution in [0.5, 0.6) is 17.2 Å². The fourth-order valence-electron chi connectivity index (χ4n) is 5.82. The van der Waals surface area contributed by atoms with Crippen LogP contribution in [0.1, 0.15) is 55.2 Å². The zero-order valence-corrected chi connectivity index (χ0v) is 26.4. The van der Waals surface area contributed by atoms with Crippen LogP contribution in [0.15, 0.2) is 97.0 Å². The van der Waals surface area contributed by atoms with Gasteiger partial charge in [0.15, 0.2) is 11.6 Å². The van der Waals surface area contributed by atoms with Crippen LogP contribution in [-0.2, 0) is 12.2 Å². The standard InChI is InChI=1S/C37H27F11O3/c1-2-3-20-4-6-21(7-5-20)22-8-10-23(11-9-22)24-12-14-27(29(38)16-24)36(45,46)50-25-13-15-28(30(39)17-25)37(47,48)51-26-18-31(40)33(32(41)19-26)49-35(44)34(42)43/h2-3,8-21H,4-7H2,1H3/b3-2+. The molecule has 270 valence electrons. The zero-order valence-electron chi connectivity index (χ0n) is 26.4. The number of rotatable bonds is 11. The summed E-state index contributed by atoms with van der Waals surface area (Å²) in [6.45, 7) is 2.00. The third-order valence-corrected chi connectivity index (χ3v) is 8.29. The van der Waals surface area contributed by atoms with Gasteiger partial charge >= 0.3 is 24.3 Å². The van der Waals surface area contributed by atoms with E-state index < -0.39 is 76.0 Å². The fourth-order valence-corrected chi connectivity index (χ4v) is 5.82. The quantitative estimate of drug-likeness (QED) is 0.0874. The summed E-state index contributed by atoms with van der Waals surface area (Å²) in [6.07, 6.45) is -3.68. The molecule has 4 aromatic carbocycles. The van der Waals surface area contributed by atoms with Gasteiger partial charge in [-0.25, -0.2) is 17.6 Å². The second-order valence-electron chi connectivity index (χ2n) is 11.7. The normalized spacial score (nSPS) is 16.6. The molecule has 51 heavy (non-hydrogen) atoms. The minimum atomic E-state index is -4.70. The number of ether oxygens (including phenoxy) is 3. The summed E-state index contributed by atoms with van der Waals surface area (Å²) in [5.74, 6) is -10.2. The third kappa shape index (κ3) is 8.66. The summed E-state index contributed by atoms with van der Waals surface area (Å²) in [6, 6.07) is 8.54. The molecule has 5 rings (SSSR count). The van der Waals surface area contributed by atoms with Gasteiger partial charge in [0.1, 0.15) is 28.7 Å². The van der Waals surface area contributed by atoms with Crippen LogP contribution in [0.25, 0.3) is 11.1 Å². The Balaban J connectivity index is 1.26. The average Bonchev–Trinajstić information content (AvgIpc) is 3.06. The van der Waals surface area contributed by atoms with E-state index in [1.165, 1.54) is 6.07 Å². The summed E-state index contributed by atoms with van der Waals surface area (Å²) < 4.78 is 167. The Morgan fingerprint density at radius 2 is 1.14 bits per heavy atom. The molecule has 1 saturated carbocycles. The van der Waals surface area contributed by atoms with E-state index in [-0.39, 0.29) is 24.3 Å². The number of hydrogen-bond donors (Lipinski definition) is 0. The fraction of sp³-hybridized carbons (Fsp3) is 0.243. The molecule has 0 aliphatic heterocycles. The molecule has 0 heterocycles. The van der Waals surface area contributed by atoms with Gasteiger partial charge in [-0.05, 0) is 85.4 Å². The van der Waals surface area contributed by atoms with Gasteiger partial charge in [0, 0.05) is 18.2 Å². The molecule has 1 aliphatic rings. The van der Waals surface area contributed by atoms with Gasteiger partial charge < -0.3 is 14.2 Å². The van der Waals surface area contributed by atoms with Crippen LogP contribution in [0.2, 0.25) is 0 Å². The van der Waals surface area contributed by atoms with Crippen molar-refractivity contribution in [2.45, 2.75) is 50.7 Å². The lowest BCUT2D eigenvalue weighted by atomic mass is 9.78. The van der Waals surface area contributed by atoms with Crippen LogP contribution >= 0.6 is 0 Å². The maximum Gasteiger partial charge on any atom is 0.429 e. The number of alkyl halides is 4. The van der Waals surface area contributed by atoms with Gasteiger partial charge in [-0.2, -0.15) is 30.7 Å². The lowest BCUT2D eigenvalue weighted by Crippen LogP contribution is -2.25. The number of benzene rings is 4. The Kier molecular flexibility index (Phi) is 11.0. The van der Waals surface area contributed by atoms with Crippen molar-refractivity contribution in [2.75, 3.05) is 0 Å². The van der Waals surface area contributed by atoms with Gasteiger partial charge in [0.2, 0.25) is 5.75 Å². The van der Waals surface area contributed by atoms with Crippen molar-refractivity contribution >= 4 is 0 Å². The molecule has 0 atom stereocenters. The van der Waals surface area contributed by atoms with Crippen molar-refractivity contribution < 1.29 is 62.5 Å². The molecule has 3 nitrogen and oxygen atoms in total. The SMILES string of the molecule is C/C=C/C1CCC(c2ccc(-c3ccc(C(F)(F)Oc4ccc(C(F)(F)Oc5cc(F)c(OC(F)=C(F)F)c(F)c5)c(F)c4)c(F)c3)cc2)CC1. The van der Waals surface area contributed by atoms with Crippen LogP contribution in [0.3, 0.4) is 0 Å². The van der Waals surface area contributed by atoms with Crippen LogP contribution in [0.4, 0.5) is 48.3 Å². The van der Waals surface area contributed by atoms with Crippen molar-refractivity contribution in [1.82, 2.24) is 0 Å². The van der Waals surface area contributed by atoms with Gasteiger partial charge in [-0.1, -0.05) is 42.5 Å². The summed E-state index contributed by atoms with van der Waals surface area (Å²) in [5, 5.41) is 0. The molecule has 14 heteroatoms. The van der Waals surface area contributed by atoms with E-state index in [2.05, 4.69) is 26.4 Å². The summed E-state index contributed by atoms with van der Waals surface area (Å²) in [4.78, 5) is 0. The summed E-state index contributed by atoms with van der Waals surface area (Å²) in [5.41, 5.74) is -0.821. The van der Waals surface area contributed by atoms with Gasteiger partial charge in [-0.15, -0.1) is 0 Å². The molecule has 0 saturated heterocycles. The zero-order chi connectivity index (χ0) is 37.1. The van der Waals surface area contributed by atoms with Gasteiger partial charge in [-0.3, -0.25) is 0 Å². The molecule has 0 spiro atoms. The highest BCUT2D eigenvalue weighted by molar-refractivity contribution is 5.64. The largest absolute Gasteiger partial charge is 0.429 e. The Morgan fingerprint density at radius 1 is 0.627 bits per heavy atom. The van der Waals surface area contributed by atoms with E-state index in [1.54, 1.807) is 12.1 Å². The second-order valence-corrected chi connectivity index (χ2v) is 11.7. The Labute approximate surface area is 284 Å². The smallest absolute Gasteiger partial charge is 0.429 e. The molecule has 0 amide bonds. The molecule has 1 fully saturated rings. The third-order valence-electron chi connectivity index (χ3n) is 8.29. The van der Waals surface area contributed by atoms with E-state index in [9.17, 15) is 35.1 Å². The van der Waals surface area contributed by atoms with Crippen LogP contribution < -0.4 is 14.2 Å². The van der Waals surface area contributed by atoms with E-state index in [4.69, 9.17) is 0 Å². The first-order chi connectivity index (χ1) is 24.1. The van der Waals surface area contributed by atoms with E-state index >= 15 is 13.2 Å². The predicted octanol–water partition coefficient (Wildman–Crippen LogP) is 12.4. The average molecular weight is 729 g/mol. The highest BCUT2D eigenvalue weighted by Crippen LogP contribution is 2.41. The minimum absolute atomic E-state index is 0.0123. The molecule has 4 aromatic rings. The Hall–Kier alpha value is -5.01.